The molecule has 4 nitrogen and oxygen atoms in total. The van der Waals surface area contributed by atoms with E-state index in [1.807, 2.05) is 61.0 Å². The number of rotatable bonds is 2. The highest BCUT2D eigenvalue weighted by molar-refractivity contribution is 6.09. The highest BCUT2D eigenvalue weighted by Crippen LogP contribution is 2.37. The number of carbonyl (C=O) groups is 1. The van der Waals surface area contributed by atoms with E-state index in [0.29, 0.717) is 5.56 Å². The van der Waals surface area contributed by atoms with Crippen LogP contribution in [0.15, 0.2) is 53.1 Å². The topological polar surface area (TPSA) is 55.4 Å². The number of furan rings is 1. The molecule has 2 aromatic carbocycles. The van der Waals surface area contributed by atoms with Crippen LogP contribution in [0.2, 0.25) is 0 Å². The van der Waals surface area contributed by atoms with E-state index in [-0.39, 0.29) is 0 Å². The number of benzene rings is 2. The highest BCUT2D eigenvalue weighted by atomic mass is 16.4. The third-order valence-corrected chi connectivity index (χ3v) is 4.32. The standard InChI is InChI=1S/C19H15NO3/c1-11-15(19(21)22)10-20(2)17(11)14-8-5-7-13-12-6-3-4-9-16(12)23-18(13)14/h3-10H,1-2H3,(H,21,22). The zero-order valence-electron chi connectivity index (χ0n) is 12.8. The van der Waals surface area contributed by atoms with Crippen LogP contribution in [0.5, 0.6) is 0 Å². The summed E-state index contributed by atoms with van der Waals surface area (Å²) in [6, 6.07) is 13.9. The Morgan fingerprint density at radius 1 is 1.09 bits per heavy atom. The van der Waals surface area contributed by atoms with Crippen LogP contribution in [0, 0.1) is 6.92 Å². The first-order valence-electron chi connectivity index (χ1n) is 7.38. The molecule has 4 heteroatoms. The van der Waals surface area contributed by atoms with Crippen LogP contribution < -0.4 is 0 Å². The van der Waals surface area contributed by atoms with Gasteiger partial charge in [-0.15, -0.1) is 0 Å². The number of carboxylic acid groups (broad SMARTS) is 1. The van der Waals surface area contributed by atoms with E-state index in [1.54, 1.807) is 6.20 Å². The molecule has 0 amide bonds. The van der Waals surface area contributed by atoms with E-state index >= 15 is 0 Å². The van der Waals surface area contributed by atoms with Crippen LogP contribution in [0.4, 0.5) is 0 Å². The molecule has 4 aromatic rings. The summed E-state index contributed by atoms with van der Waals surface area (Å²) >= 11 is 0. The summed E-state index contributed by atoms with van der Waals surface area (Å²) in [5.74, 6) is -0.916. The highest BCUT2D eigenvalue weighted by Gasteiger charge is 2.20. The van der Waals surface area contributed by atoms with Gasteiger partial charge in [-0.25, -0.2) is 4.79 Å². The Balaban J connectivity index is 2.09. The third kappa shape index (κ3) is 1.88. The van der Waals surface area contributed by atoms with Gasteiger partial charge in [0.15, 0.2) is 0 Å². The van der Waals surface area contributed by atoms with Crippen molar-refractivity contribution < 1.29 is 14.3 Å². The summed E-state index contributed by atoms with van der Waals surface area (Å²) in [4.78, 5) is 11.4. The van der Waals surface area contributed by atoms with Gasteiger partial charge in [-0.05, 0) is 24.6 Å². The molecule has 0 saturated heterocycles. The van der Waals surface area contributed by atoms with Crippen LogP contribution in [0.25, 0.3) is 33.2 Å². The maximum atomic E-state index is 11.4. The maximum Gasteiger partial charge on any atom is 0.337 e. The normalized spacial score (nSPS) is 11.4. The monoisotopic (exact) mass is 305 g/mol. The quantitative estimate of drug-likeness (QED) is 0.589. The number of hydrogen-bond acceptors (Lipinski definition) is 2. The number of para-hydroxylation sites is 2. The van der Waals surface area contributed by atoms with Crippen LogP contribution in [0.1, 0.15) is 15.9 Å². The second kappa shape index (κ2) is 4.74. The molecule has 0 aliphatic carbocycles. The number of carboxylic acids is 1. The fraction of sp³-hybridized carbons (Fsp3) is 0.105. The van der Waals surface area contributed by atoms with Gasteiger partial charge in [-0.3, -0.25) is 0 Å². The first kappa shape index (κ1) is 13.6. The van der Waals surface area contributed by atoms with Crippen molar-refractivity contribution in [3.8, 4) is 11.3 Å². The molecule has 0 atom stereocenters. The Labute approximate surface area is 132 Å². The van der Waals surface area contributed by atoms with Crippen molar-refractivity contribution in [2.24, 2.45) is 7.05 Å². The predicted octanol–water partition coefficient (Wildman–Crippen LogP) is 4.60. The SMILES string of the molecule is Cc1c(C(=O)O)cn(C)c1-c1cccc2c1oc1ccccc12. The van der Waals surface area contributed by atoms with E-state index in [1.165, 1.54) is 0 Å². The number of fused-ring (bicyclic) bond motifs is 3. The molecule has 0 bridgehead atoms. The minimum absolute atomic E-state index is 0.315. The summed E-state index contributed by atoms with van der Waals surface area (Å²) in [6.45, 7) is 1.83. The lowest BCUT2D eigenvalue weighted by Crippen LogP contribution is -1.95. The molecule has 1 N–H and O–H groups in total. The first-order valence-corrected chi connectivity index (χ1v) is 7.38. The van der Waals surface area contributed by atoms with Crippen molar-refractivity contribution in [3.05, 3.63) is 59.8 Å². The summed E-state index contributed by atoms with van der Waals surface area (Å²) in [6.07, 6.45) is 1.65. The second-order valence-electron chi connectivity index (χ2n) is 5.71. The summed E-state index contributed by atoms with van der Waals surface area (Å²) < 4.78 is 7.90. The predicted molar refractivity (Wildman–Crippen MR) is 89.8 cm³/mol. The first-order chi connectivity index (χ1) is 11.1. The molecule has 114 valence electrons. The van der Waals surface area contributed by atoms with E-state index in [9.17, 15) is 9.90 Å². The summed E-state index contributed by atoms with van der Waals surface area (Å²) in [5, 5.41) is 11.4. The Morgan fingerprint density at radius 2 is 1.83 bits per heavy atom. The molecule has 0 saturated carbocycles. The number of hydrogen-bond donors (Lipinski definition) is 1. The Kier molecular flexibility index (Phi) is 2.81. The molecule has 2 aromatic heterocycles. The molecular weight excluding hydrogens is 290 g/mol. The van der Waals surface area contributed by atoms with E-state index in [0.717, 1.165) is 38.8 Å². The van der Waals surface area contributed by atoms with Gasteiger partial charge in [-0.1, -0.05) is 30.3 Å². The lowest BCUT2D eigenvalue weighted by atomic mass is 10.0. The minimum Gasteiger partial charge on any atom is -0.478 e. The van der Waals surface area contributed by atoms with Gasteiger partial charge in [0.2, 0.25) is 0 Å². The van der Waals surface area contributed by atoms with Gasteiger partial charge in [0, 0.05) is 29.6 Å². The van der Waals surface area contributed by atoms with Gasteiger partial charge in [0.05, 0.1) is 11.3 Å². The Hall–Kier alpha value is -3.01. The molecule has 2 heterocycles. The molecule has 0 fully saturated rings. The van der Waals surface area contributed by atoms with Crippen LogP contribution in [-0.2, 0) is 7.05 Å². The smallest absolute Gasteiger partial charge is 0.337 e. The average Bonchev–Trinajstić information content (AvgIpc) is 3.05. The second-order valence-corrected chi connectivity index (χ2v) is 5.71. The molecule has 0 spiro atoms. The van der Waals surface area contributed by atoms with Crippen molar-refractivity contribution in [3.63, 3.8) is 0 Å². The van der Waals surface area contributed by atoms with Crippen molar-refractivity contribution in [1.29, 1.82) is 0 Å². The fourth-order valence-corrected chi connectivity index (χ4v) is 3.29. The number of aryl methyl sites for hydroxylation is 1. The van der Waals surface area contributed by atoms with Crippen molar-refractivity contribution >= 4 is 27.9 Å². The third-order valence-electron chi connectivity index (χ3n) is 4.32. The fourth-order valence-electron chi connectivity index (χ4n) is 3.29. The average molecular weight is 305 g/mol. The lowest BCUT2D eigenvalue weighted by Gasteiger charge is -2.06. The largest absolute Gasteiger partial charge is 0.478 e. The van der Waals surface area contributed by atoms with Gasteiger partial charge in [0.1, 0.15) is 11.2 Å². The summed E-state index contributed by atoms with van der Waals surface area (Å²) in [7, 11) is 1.86. The van der Waals surface area contributed by atoms with Gasteiger partial charge in [-0.2, -0.15) is 0 Å². The van der Waals surface area contributed by atoms with E-state index in [4.69, 9.17) is 4.42 Å². The molecular formula is C19H15NO3. The van der Waals surface area contributed by atoms with Crippen LogP contribution in [0.3, 0.4) is 0 Å². The Bertz CT molecular complexity index is 1070. The van der Waals surface area contributed by atoms with E-state index in [2.05, 4.69) is 0 Å². The molecule has 0 aliphatic rings. The van der Waals surface area contributed by atoms with Crippen LogP contribution in [-0.4, -0.2) is 15.6 Å². The van der Waals surface area contributed by atoms with Crippen molar-refractivity contribution in [2.75, 3.05) is 0 Å². The molecule has 23 heavy (non-hydrogen) atoms. The molecule has 0 aliphatic heterocycles. The van der Waals surface area contributed by atoms with E-state index < -0.39 is 5.97 Å². The van der Waals surface area contributed by atoms with Crippen molar-refractivity contribution in [1.82, 2.24) is 4.57 Å². The number of aromatic nitrogens is 1. The van der Waals surface area contributed by atoms with Gasteiger partial charge < -0.3 is 14.1 Å². The lowest BCUT2D eigenvalue weighted by molar-refractivity contribution is 0.0696. The zero-order valence-corrected chi connectivity index (χ0v) is 12.8. The number of nitrogens with zero attached hydrogens (tertiary/aromatic N) is 1. The maximum absolute atomic E-state index is 11.4. The van der Waals surface area contributed by atoms with Gasteiger partial charge in [0.25, 0.3) is 0 Å². The zero-order chi connectivity index (χ0) is 16.1. The van der Waals surface area contributed by atoms with Crippen LogP contribution >= 0.6 is 0 Å². The molecule has 0 unspecified atom stereocenters. The molecule has 0 radical (unpaired) electrons. The molecule has 4 rings (SSSR count). The number of aromatic carboxylic acids is 1. The van der Waals surface area contributed by atoms with Gasteiger partial charge >= 0.3 is 5.97 Å². The Morgan fingerprint density at radius 3 is 2.57 bits per heavy atom. The minimum atomic E-state index is -0.916. The van der Waals surface area contributed by atoms with Crippen molar-refractivity contribution in [2.45, 2.75) is 6.92 Å². The summed E-state index contributed by atoms with van der Waals surface area (Å²) in [5.41, 5.74) is 4.46.